The summed E-state index contributed by atoms with van der Waals surface area (Å²) >= 11 is 0. The molecule has 0 saturated heterocycles. The van der Waals surface area contributed by atoms with Crippen molar-refractivity contribution in [3.63, 3.8) is 0 Å². The average Bonchev–Trinajstić information content (AvgIpc) is 2.42. The highest BCUT2D eigenvalue weighted by atomic mass is 16.6. The summed E-state index contributed by atoms with van der Waals surface area (Å²) < 4.78 is 5.52. The number of amides is 1. The maximum absolute atomic E-state index is 11.0. The highest BCUT2D eigenvalue weighted by Gasteiger charge is 2.24. The summed E-state index contributed by atoms with van der Waals surface area (Å²) in [6.07, 6.45) is 0.687. The van der Waals surface area contributed by atoms with Gasteiger partial charge in [-0.1, -0.05) is 23.4 Å². The van der Waals surface area contributed by atoms with Crippen LogP contribution in [0.1, 0.15) is 27.2 Å². The summed E-state index contributed by atoms with van der Waals surface area (Å²) in [5.74, 6) is 0.878. The molecule has 0 fully saturated rings. The van der Waals surface area contributed by atoms with Gasteiger partial charge in [0, 0.05) is 13.3 Å². The number of amidine groups is 1. The number of rotatable bonds is 8. The van der Waals surface area contributed by atoms with Gasteiger partial charge in [0.2, 0.25) is 5.91 Å². The van der Waals surface area contributed by atoms with Gasteiger partial charge >= 0.3 is 0 Å². The molecule has 1 aromatic carbocycles. The number of oxime groups is 1. The topological polar surface area (TPSA) is 85.9 Å². The first kappa shape index (κ1) is 16.8. The van der Waals surface area contributed by atoms with Crippen molar-refractivity contribution in [2.75, 3.05) is 13.2 Å². The fourth-order valence-corrected chi connectivity index (χ4v) is 1.56. The van der Waals surface area contributed by atoms with Gasteiger partial charge in [-0.3, -0.25) is 4.79 Å². The smallest absolute Gasteiger partial charge is 0.217 e. The van der Waals surface area contributed by atoms with E-state index in [0.717, 1.165) is 5.75 Å². The van der Waals surface area contributed by atoms with Crippen LogP contribution in [0.3, 0.4) is 0 Å². The third-order valence-electron chi connectivity index (χ3n) is 2.68. The highest BCUT2D eigenvalue weighted by molar-refractivity contribution is 5.92. The van der Waals surface area contributed by atoms with Crippen LogP contribution in [-0.2, 0) is 9.63 Å². The van der Waals surface area contributed by atoms with Crippen LogP contribution in [0.15, 0.2) is 35.5 Å². The number of benzene rings is 1. The molecule has 116 valence electrons. The molecule has 0 bridgehead atoms. The molecule has 1 amide bonds. The minimum absolute atomic E-state index is 0.172. The standard InChI is InChI=1S/C15H23N3O3/c1-12(19)17-15(2,3)14(16)18-21-11-7-10-20-13-8-5-4-6-9-13/h4-6,8-9H,7,10-11H2,1-3H3,(H2,16,18)(H,17,19). The van der Waals surface area contributed by atoms with Crippen LogP contribution >= 0.6 is 0 Å². The molecule has 0 aromatic heterocycles. The van der Waals surface area contributed by atoms with Gasteiger partial charge < -0.3 is 20.6 Å². The Balaban J connectivity index is 2.23. The minimum atomic E-state index is -0.730. The van der Waals surface area contributed by atoms with Crippen molar-refractivity contribution in [2.24, 2.45) is 10.9 Å². The molecule has 0 saturated carbocycles. The normalized spacial score (nSPS) is 11.9. The van der Waals surface area contributed by atoms with E-state index in [9.17, 15) is 4.79 Å². The SMILES string of the molecule is CC(=O)NC(C)(C)/C(N)=N/OCCCOc1ccccc1. The Morgan fingerprint density at radius 3 is 2.57 bits per heavy atom. The van der Waals surface area contributed by atoms with Crippen molar-refractivity contribution in [3.8, 4) is 5.75 Å². The maximum Gasteiger partial charge on any atom is 0.217 e. The summed E-state index contributed by atoms with van der Waals surface area (Å²) in [6.45, 7) is 5.87. The lowest BCUT2D eigenvalue weighted by Gasteiger charge is -2.24. The molecular formula is C15H23N3O3. The van der Waals surface area contributed by atoms with E-state index >= 15 is 0 Å². The van der Waals surface area contributed by atoms with E-state index < -0.39 is 5.54 Å². The van der Waals surface area contributed by atoms with E-state index in [0.29, 0.717) is 19.6 Å². The van der Waals surface area contributed by atoms with Crippen LogP contribution in [-0.4, -0.2) is 30.5 Å². The number of hydrogen-bond donors (Lipinski definition) is 2. The van der Waals surface area contributed by atoms with Crippen molar-refractivity contribution in [1.29, 1.82) is 0 Å². The lowest BCUT2D eigenvalue weighted by molar-refractivity contribution is -0.119. The van der Waals surface area contributed by atoms with Crippen molar-refractivity contribution < 1.29 is 14.4 Å². The Bertz CT molecular complexity index is 472. The lowest BCUT2D eigenvalue weighted by atomic mass is 10.0. The van der Waals surface area contributed by atoms with E-state index in [1.165, 1.54) is 6.92 Å². The molecule has 0 aliphatic rings. The molecule has 0 radical (unpaired) electrons. The summed E-state index contributed by atoms with van der Waals surface area (Å²) in [5, 5.41) is 6.51. The van der Waals surface area contributed by atoms with Crippen molar-refractivity contribution in [1.82, 2.24) is 5.32 Å². The fraction of sp³-hybridized carbons (Fsp3) is 0.467. The Kier molecular flexibility index (Phi) is 6.52. The zero-order chi connectivity index (χ0) is 15.7. The van der Waals surface area contributed by atoms with Gasteiger partial charge in [0.15, 0.2) is 5.84 Å². The van der Waals surface area contributed by atoms with Crippen LogP contribution in [0.25, 0.3) is 0 Å². The Morgan fingerprint density at radius 1 is 1.29 bits per heavy atom. The number of carbonyl (C=O) groups excluding carboxylic acids is 1. The van der Waals surface area contributed by atoms with E-state index in [4.69, 9.17) is 15.3 Å². The van der Waals surface area contributed by atoms with E-state index in [2.05, 4.69) is 10.5 Å². The van der Waals surface area contributed by atoms with E-state index in [1.54, 1.807) is 13.8 Å². The average molecular weight is 293 g/mol. The number of para-hydroxylation sites is 1. The second kappa shape index (κ2) is 8.14. The molecule has 6 nitrogen and oxygen atoms in total. The third-order valence-corrected chi connectivity index (χ3v) is 2.68. The maximum atomic E-state index is 11.0. The summed E-state index contributed by atoms with van der Waals surface area (Å²) in [5.41, 5.74) is 5.05. The first-order valence-electron chi connectivity index (χ1n) is 6.84. The third kappa shape index (κ3) is 6.65. The zero-order valence-electron chi connectivity index (χ0n) is 12.8. The molecular weight excluding hydrogens is 270 g/mol. The van der Waals surface area contributed by atoms with Crippen LogP contribution in [0.2, 0.25) is 0 Å². The lowest BCUT2D eigenvalue weighted by Crippen LogP contribution is -2.52. The van der Waals surface area contributed by atoms with Crippen LogP contribution in [0.4, 0.5) is 0 Å². The van der Waals surface area contributed by atoms with Gasteiger partial charge in [0.1, 0.15) is 12.4 Å². The number of nitrogens with two attached hydrogens (primary N) is 1. The molecule has 0 aliphatic heterocycles. The largest absolute Gasteiger partial charge is 0.493 e. The molecule has 0 heterocycles. The summed E-state index contributed by atoms with van der Waals surface area (Å²) in [6, 6.07) is 9.56. The molecule has 21 heavy (non-hydrogen) atoms. The Hall–Kier alpha value is -2.24. The number of hydrogen-bond acceptors (Lipinski definition) is 4. The minimum Gasteiger partial charge on any atom is -0.493 e. The predicted octanol–water partition coefficient (Wildman–Crippen LogP) is 1.66. The first-order valence-corrected chi connectivity index (χ1v) is 6.84. The Labute approximate surface area is 125 Å². The van der Waals surface area contributed by atoms with Crippen LogP contribution < -0.4 is 15.8 Å². The number of carbonyl (C=O) groups is 1. The van der Waals surface area contributed by atoms with Gasteiger partial charge in [0.05, 0.1) is 12.1 Å². The first-order chi connectivity index (χ1) is 9.92. The van der Waals surface area contributed by atoms with Crippen LogP contribution in [0.5, 0.6) is 5.75 Å². The van der Waals surface area contributed by atoms with E-state index in [1.807, 2.05) is 30.3 Å². The molecule has 1 rings (SSSR count). The number of ether oxygens (including phenoxy) is 1. The number of nitrogens with zero attached hydrogens (tertiary/aromatic N) is 1. The summed E-state index contributed by atoms with van der Waals surface area (Å²) in [7, 11) is 0. The Morgan fingerprint density at radius 2 is 1.95 bits per heavy atom. The van der Waals surface area contributed by atoms with Gasteiger partial charge in [-0.15, -0.1) is 0 Å². The van der Waals surface area contributed by atoms with Gasteiger partial charge in [-0.05, 0) is 26.0 Å². The monoisotopic (exact) mass is 293 g/mol. The quantitative estimate of drug-likeness (QED) is 0.330. The molecule has 0 unspecified atom stereocenters. The predicted molar refractivity (Wildman–Crippen MR) is 82.0 cm³/mol. The van der Waals surface area contributed by atoms with Crippen molar-refractivity contribution in [3.05, 3.63) is 30.3 Å². The van der Waals surface area contributed by atoms with Crippen molar-refractivity contribution >= 4 is 11.7 Å². The summed E-state index contributed by atoms with van der Waals surface area (Å²) in [4.78, 5) is 16.2. The van der Waals surface area contributed by atoms with E-state index in [-0.39, 0.29) is 11.7 Å². The second-order valence-corrected chi connectivity index (χ2v) is 5.13. The molecule has 0 spiro atoms. The molecule has 0 aliphatic carbocycles. The van der Waals surface area contributed by atoms with Crippen molar-refractivity contribution in [2.45, 2.75) is 32.7 Å². The van der Waals surface area contributed by atoms with Crippen LogP contribution in [0, 0.1) is 0 Å². The molecule has 6 heteroatoms. The second-order valence-electron chi connectivity index (χ2n) is 5.13. The molecule has 0 atom stereocenters. The van der Waals surface area contributed by atoms with Gasteiger partial charge in [-0.25, -0.2) is 0 Å². The fourth-order valence-electron chi connectivity index (χ4n) is 1.56. The molecule has 1 aromatic rings. The van der Waals surface area contributed by atoms with Gasteiger partial charge in [0.25, 0.3) is 0 Å². The molecule has 3 N–H and O–H groups in total. The van der Waals surface area contributed by atoms with Gasteiger partial charge in [-0.2, -0.15) is 0 Å². The number of nitrogens with one attached hydrogen (secondary N) is 1. The zero-order valence-corrected chi connectivity index (χ0v) is 12.8. The highest BCUT2D eigenvalue weighted by Crippen LogP contribution is 2.08.